The Labute approximate surface area is 134 Å². The first kappa shape index (κ1) is 17.1. The van der Waals surface area contributed by atoms with E-state index in [1.54, 1.807) is 30.3 Å². The Bertz CT molecular complexity index is 783. The van der Waals surface area contributed by atoms with Crippen LogP contribution in [0.1, 0.15) is 16.2 Å². The van der Waals surface area contributed by atoms with Gasteiger partial charge in [-0.15, -0.1) is 0 Å². The Morgan fingerprint density at radius 2 is 1.71 bits per heavy atom. The van der Waals surface area contributed by atoms with E-state index in [2.05, 4.69) is 15.3 Å². The zero-order chi connectivity index (χ0) is 17.7. The predicted octanol–water partition coefficient (Wildman–Crippen LogP) is 2.46. The lowest BCUT2D eigenvalue weighted by Crippen LogP contribution is -2.29. The largest absolute Gasteiger partial charge is 0.451 e. The lowest BCUT2D eigenvalue weighted by atomic mass is 10.00. The molecule has 9 heteroatoms. The number of alkyl halides is 3. The van der Waals surface area contributed by atoms with Crippen LogP contribution in [0.3, 0.4) is 0 Å². The zero-order valence-electron chi connectivity index (χ0n) is 11.9. The molecule has 1 aromatic heterocycles. The van der Waals surface area contributed by atoms with Crippen LogP contribution in [0.25, 0.3) is 0 Å². The van der Waals surface area contributed by atoms with Crippen molar-refractivity contribution in [2.24, 2.45) is 5.92 Å². The molecule has 0 radical (unpaired) electrons. The minimum absolute atomic E-state index is 0.363. The molecule has 1 atom stereocenters. The molecule has 0 saturated carbocycles. The maximum Gasteiger partial charge on any atom is 0.451 e. The number of Topliss-reactive ketones (excluding diaryl/α,β-unsaturated/α-hetero) is 1. The van der Waals surface area contributed by atoms with Gasteiger partial charge < -0.3 is 5.32 Å². The number of aromatic nitrogens is 2. The summed E-state index contributed by atoms with van der Waals surface area (Å²) >= 11 is 0. The minimum Gasteiger partial charge on any atom is -0.325 e. The van der Waals surface area contributed by atoms with E-state index < -0.39 is 29.6 Å². The van der Waals surface area contributed by atoms with E-state index in [-0.39, 0.29) is 5.56 Å². The van der Waals surface area contributed by atoms with Crippen molar-refractivity contribution in [1.82, 2.24) is 9.97 Å². The topological polar surface area (TPSA) is 95.7 Å². The van der Waals surface area contributed by atoms with Crippen molar-refractivity contribution in [3.8, 4) is 6.07 Å². The third kappa shape index (κ3) is 3.92. The molecule has 1 N–H and O–H groups in total. The van der Waals surface area contributed by atoms with Crippen molar-refractivity contribution < 1.29 is 22.8 Å². The summed E-state index contributed by atoms with van der Waals surface area (Å²) in [6.45, 7) is 0. The van der Waals surface area contributed by atoms with Crippen molar-refractivity contribution in [1.29, 1.82) is 5.26 Å². The Kier molecular flexibility index (Phi) is 4.89. The number of nitrogens with one attached hydrogen (secondary N) is 1. The van der Waals surface area contributed by atoms with Gasteiger partial charge in [-0.25, -0.2) is 9.97 Å². The van der Waals surface area contributed by atoms with E-state index in [1.165, 1.54) is 6.07 Å². The fourth-order valence-electron chi connectivity index (χ4n) is 1.74. The highest BCUT2D eigenvalue weighted by Gasteiger charge is 2.35. The fraction of sp³-hybridized carbons (Fsp3) is 0.133. The smallest absolute Gasteiger partial charge is 0.325 e. The van der Waals surface area contributed by atoms with E-state index in [9.17, 15) is 22.8 Å². The number of carbonyl (C=O) groups excluding carboxylic acids is 2. The number of nitrogens with zero attached hydrogens (tertiary/aromatic N) is 3. The third-order valence-corrected chi connectivity index (χ3v) is 2.88. The number of hydrogen-bond acceptors (Lipinski definition) is 5. The Morgan fingerprint density at radius 3 is 2.21 bits per heavy atom. The normalized spacial score (nSPS) is 12.1. The number of hydrogen-bond donors (Lipinski definition) is 1. The van der Waals surface area contributed by atoms with Crippen molar-refractivity contribution in [3.05, 3.63) is 54.1 Å². The molecule has 0 spiro atoms. The SMILES string of the molecule is N#C[C@H](C(=O)Nc1ccccc1)C(=O)c1cnc(C(F)(F)F)nc1. The molecule has 0 fully saturated rings. The van der Waals surface area contributed by atoms with Gasteiger partial charge in [0, 0.05) is 18.1 Å². The van der Waals surface area contributed by atoms with E-state index in [0.717, 1.165) is 0 Å². The number of rotatable bonds is 4. The summed E-state index contributed by atoms with van der Waals surface area (Å²) in [5.74, 6) is -5.03. The highest BCUT2D eigenvalue weighted by molar-refractivity contribution is 6.15. The molecule has 122 valence electrons. The van der Waals surface area contributed by atoms with Crippen molar-refractivity contribution in [2.75, 3.05) is 5.32 Å². The average molecular weight is 334 g/mol. The summed E-state index contributed by atoms with van der Waals surface area (Å²) in [4.78, 5) is 30.2. The zero-order valence-corrected chi connectivity index (χ0v) is 11.9. The van der Waals surface area contributed by atoms with Crippen LogP contribution in [0.15, 0.2) is 42.7 Å². The first-order valence-corrected chi connectivity index (χ1v) is 6.52. The number of amides is 1. The van der Waals surface area contributed by atoms with Crippen LogP contribution in [-0.2, 0) is 11.0 Å². The molecule has 0 aliphatic rings. The van der Waals surface area contributed by atoms with Gasteiger partial charge in [0.05, 0.1) is 11.6 Å². The minimum atomic E-state index is -4.75. The van der Waals surface area contributed by atoms with Gasteiger partial charge in [0.2, 0.25) is 11.7 Å². The molecule has 6 nitrogen and oxygen atoms in total. The van der Waals surface area contributed by atoms with Gasteiger partial charge in [-0.05, 0) is 12.1 Å². The predicted molar refractivity (Wildman–Crippen MR) is 75.5 cm³/mol. The number of para-hydroxylation sites is 1. The highest BCUT2D eigenvalue weighted by atomic mass is 19.4. The number of ketones is 1. The van der Waals surface area contributed by atoms with Crippen LogP contribution in [0.5, 0.6) is 0 Å². The van der Waals surface area contributed by atoms with E-state index in [1.807, 2.05) is 0 Å². The number of anilines is 1. The van der Waals surface area contributed by atoms with Gasteiger partial charge in [0.25, 0.3) is 0 Å². The molecule has 2 aromatic rings. The van der Waals surface area contributed by atoms with Crippen molar-refractivity contribution in [2.45, 2.75) is 6.18 Å². The summed E-state index contributed by atoms with van der Waals surface area (Å²) in [5.41, 5.74) is 0.0111. The molecule has 0 aliphatic heterocycles. The second-order valence-corrected chi connectivity index (χ2v) is 4.57. The summed E-state index contributed by atoms with van der Waals surface area (Å²) in [7, 11) is 0. The molecular formula is C15H9F3N4O2. The van der Waals surface area contributed by atoms with Crippen molar-refractivity contribution in [3.63, 3.8) is 0 Å². The number of halogens is 3. The van der Waals surface area contributed by atoms with Gasteiger partial charge in [0.15, 0.2) is 11.7 Å². The molecule has 1 heterocycles. The van der Waals surface area contributed by atoms with Crippen LogP contribution in [0.4, 0.5) is 18.9 Å². The fourth-order valence-corrected chi connectivity index (χ4v) is 1.74. The Hall–Kier alpha value is -3.28. The standard InChI is InChI=1S/C15H9F3N4O2/c16-15(17,18)14-20-7-9(8-21-14)12(23)11(6-19)13(24)22-10-4-2-1-3-5-10/h1-5,7-8,11H,(H,22,24)/t11-/m0/s1. The summed E-state index contributed by atoms with van der Waals surface area (Å²) in [5, 5.41) is 11.4. The first-order chi connectivity index (χ1) is 11.3. The number of benzene rings is 1. The van der Waals surface area contributed by atoms with Crippen LogP contribution < -0.4 is 5.32 Å². The quantitative estimate of drug-likeness (QED) is 0.684. The van der Waals surface area contributed by atoms with E-state index >= 15 is 0 Å². The molecule has 1 aromatic carbocycles. The first-order valence-electron chi connectivity index (χ1n) is 6.52. The van der Waals surface area contributed by atoms with Crippen LogP contribution in [-0.4, -0.2) is 21.7 Å². The highest BCUT2D eigenvalue weighted by Crippen LogP contribution is 2.25. The molecular weight excluding hydrogens is 325 g/mol. The molecule has 24 heavy (non-hydrogen) atoms. The second kappa shape index (κ2) is 6.87. The van der Waals surface area contributed by atoms with Gasteiger partial charge in [0.1, 0.15) is 0 Å². The van der Waals surface area contributed by atoms with Crippen molar-refractivity contribution >= 4 is 17.4 Å². The van der Waals surface area contributed by atoms with Gasteiger partial charge in [-0.2, -0.15) is 18.4 Å². The summed E-state index contributed by atoms with van der Waals surface area (Å²) in [6, 6.07) is 9.63. The number of nitriles is 1. The van der Waals surface area contributed by atoms with Crippen LogP contribution >= 0.6 is 0 Å². The Balaban J connectivity index is 2.17. The average Bonchev–Trinajstić information content (AvgIpc) is 2.55. The van der Waals surface area contributed by atoms with Gasteiger partial charge in [-0.3, -0.25) is 9.59 Å². The lowest BCUT2D eigenvalue weighted by molar-refractivity contribution is -0.145. The third-order valence-electron chi connectivity index (χ3n) is 2.88. The van der Waals surface area contributed by atoms with E-state index in [4.69, 9.17) is 5.26 Å². The molecule has 1 amide bonds. The van der Waals surface area contributed by atoms with Crippen LogP contribution in [0, 0.1) is 17.2 Å². The monoisotopic (exact) mass is 334 g/mol. The molecule has 0 unspecified atom stereocenters. The summed E-state index contributed by atoms with van der Waals surface area (Å²) in [6.07, 6.45) is -3.47. The van der Waals surface area contributed by atoms with E-state index in [0.29, 0.717) is 18.1 Å². The Morgan fingerprint density at radius 1 is 1.12 bits per heavy atom. The molecule has 0 bridgehead atoms. The molecule has 2 rings (SSSR count). The maximum atomic E-state index is 12.4. The van der Waals surface area contributed by atoms with Crippen LogP contribution in [0.2, 0.25) is 0 Å². The molecule has 0 aliphatic carbocycles. The van der Waals surface area contributed by atoms with Gasteiger partial charge in [-0.1, -0.05) is 18.2 Å². The van der Waals surface area contributed by atoms with Gasteiger partial charge >= 0.3 is 6.18 Å². The molecule has 0 saturated heterocycles. The lowest BCUT2D eigenvalue weighted by Gasteiger charge is -2.10. The number of carbonyl (C=O) groups is 2. The maximum absolute atomic E-state index is 12.4. The summed E-state index contributed by atoms with van der Waals surface area (Å²) < 4.78 is 37.2. The second-order valence-electron chi connectivity index (χ2n) is 4.57.